The third kappa shape index (κ3) is 32.5. The topological polar surface area (TPSA) is 55.8 Å². The maximum absolute atomic E-state index is 10.6. The molecule has 4 nitrogen and oxygen atoms in total. The molecule has 25 heavy (non-hydrogen) atoms. The fourth-order valence-corrected chi connectivity index (χ4v) is 2.37. The molecule has 0 rings (SSSR count). The van der Waals surface area contributed by atoms with Crippen LogP contribution in [0.4, 0.5) is 0 Å². The van der Waals surface area contributed by atoms with Gasteiger partial charge in [-0.1, -0.05) is 71.1 Å². The average Bonchev–Trinajstić information content (AvgIpc) is 2.56. The second-order valence-corrected chi connectivity index (χ2v) is 6.21. The van der Waals surface area contributed by atoms with Crippen LogP contribution in [0.5, 0.6) is 0 Å². The van der Waals surface area contributed by atoms with Crippen molar-refractivity contribution in [3.63, 3.8) is 0 Å². The molecular weight excluding hydrogens is 327 g/mol. The summed E-state index contributed by atoms with van der Waals surface area (Å²) in [7, 11) is 0. The zero-order valence-electron chi connectivity index (χ0n) is 16.6. The SMILES string of the molecule is CCCCCCCCCCCCC(O)COC(C)=O.CCOCC.[NaH]. The normalized spacial score (nSPS) is 11.1. The molecule has 5 heteroatoms. The van der Waals surface area contributed by atoms with Gasteiger partial charge in [0.2, 0.25) is 0 Å². The first-order chi connectivity index (χ1) is 11.6. The predicted molar refractivity (Wildman–Crippen MR) is 108 cm³/mol. The Hall–Kier alpha value is 0.390. The number of carbonyl (C=O) groups is 1. The summed E-state index contributed by atoms with van der Waals surface area (Å²) in [6.45, 7) is 9.43. The molecule has 148 valence electrons. The van der Waals surface area contributed by atoms with E-state index in [0.717, 1.165) is 26.1 Å². The van der Waals surface area contributed by atoms with Gasteiger partial charge in [-0.2, -0.15) is 0 Å². The van der Waals surface area contributed by atoms with E-state index >= 15 is 0 Å². The fourth-order valence-electron chi connectivity index (χ4n) is 2.37. The van der Waals surface area contributed by atoms with Crippen LogP contribution in [0, 0.1) is 0 Å². The molecule has 0 bridgehead atoms. The predicted octanol–water partition coefficient (Wildman–Crippen LogP) is 4.62. The minimum atomic E-state index is -0.488. The zero-order chi connectivity index (χ0) is 18.5. The molecule has 1 unspecified atom stereocenters. The standard InChI is InChI=1S/C16H32O3.C4H10O.Na.H/c1-3-4-5-6-7-8-9-10-11-12-13-16(18)14-19-15(2)17;1-3-5-4-2;;/h16,18H,3-14H2,1-2H3;3-4H2,1-2H3;;. The summed E-state index contributed by atoms with van der Waals surface area (Å²) in [5.41, 5.74) is 0. The number of aliphatic hydroxyl groups excluding tert-OH is 1. The maximum atomic E-state index is 10.6. The van der Waals surface area contributed by atoms with Crippen LogP contribution < -0.4 is 0 Å². The van der Waals surface area contributed by atoms with E-state index in [9.17, 15) is 9.90 Å². The zero-order valence-corrected chi connectivity index (χ0v) is 16.6. The number of esters is 1. The van der Waals surface area contributed by atoms with E-state index < -0.39 is 6.10 Å². The van der Waals surface area contributed by atoms with E-state index in [-0.39, 0.29) is 42.1 Å². The molecule has 0 spiro atoms. The molecule has 0 radical (unpaired) electrons. The Morgan fingerprint density at radius 3 is 1.64 bits per heavy atom. The van der Waals surface area contributed by atoms with Gasteiger partial charge < -0.3 is 14.6 Å². The van der Waals surface area contributed by atoms with Crippen LogP contribution >= 0.6 is 0 Å². The Kier molecular flexibility index (Phi) is 32.1. The van der Waals surface area contributed by atoms with Crippen molar-refractivity contribution in [2.24, 2.45) is 0 Å². The van der Waals surface area contributed by atoms with Crippen LogP contribution in [0.1, 0.15) is 98.3 Å². The molecule has 1 N–H and O–H groups in total. The van der Waals surface area contributed by atoms with E-state index in [1.807, 2.05) is 13.8 Å². The van der Waals surface area contributed by atoms with Crippen LogP contribution in [-0.2, 0) is 14.3 Å². The first-order valence-electron chi connectivity index (χ1n) is 9.97. The number of ether oxygens (including phenoxy) is 2. The van der Waals surface area contributed by atoms with Gasteiger partial charge in [0, 0.05) is 20.1 Å². The first kappa shape index (κ1) is 30.1. The van der Waals surface area contributed by atoms with Gasteiger partial charge in [0.05, 0.1) is 6.10 Å². The number of carbonyl (C=O) groups excluding carboxylic acids is 1. The molecule has 0 aliphatic rings. The summed E-state index contributed by atoms with van der Waals surface area (Å²) in [4.78, 5) is 10.6. The molecule has 0 aromatic heterocycles. The first-order valence-corrected chi connectivity index (χ1v) is 9.97. The Morgan fingerprint density at radius 1 is 0.840 bits per heavy atom. The van der Waals surface area contributed by atoms with E-state index in [0.29, 0.717) is 0 Å². The molecule has 0 saturated heterocycles. The van der Waals surface area contributed by atoms with Gasteiger partial charge in [0.1, 0.15) is 6.61 Å². The summed E-state index contributed by atoms with van der Waals surface area (Å²) in [6, 6.07) is 0. The summed E-state index contributed by atoms with van der Waals surface area (Å²) in [6.07, 6.45) is 13.2. The summed E-state index contributed by atoms with van der Waals surface area (Å²) >= 11 is 0. The van der Waals surface area contributed by atoms with Crippen molar-refractivity contribution < 1.29 is 19.4 Å². The van der Waals surface area contributed by atoms with Crippen molar-refractivity contribution in [2.75, 3.05) is 19.8 Å². The molecule has 0 aliphatic carbocycles. The quantitative estimate of drug-likeness (QED) is 0.260. The number of aliphatic hydroxyl groups is 1. The third-order valence-corrected chi connectivity index (χ3v) is 3.78. The Bertz CT molecular complexity index is 248. The van der Waals surface area contributed by atoms with Gasteiger partial charge in [0.25, 0.3) is 0 Å². The molecule has 1 atom stereocenters. The van der Waals surface area contributed by atoms with E-state index in [1.54, 1.807) is 0 Å². The van der Waals surface area contributed by atoms with Crippen molar-refractivity contribution in [3.05, 3.63) is 0 Å². The number of hydrogen-bond acceptors (Lipinski definition) is 4. The molecule has 0 heterocycles. The molecule has 0 amide bonds. The summed E-state index contributed by atoms with van der Waals surface area (Å²) in [5, 5.41) is 9.54. The van der Waals surface area contributed by atoms with Gasteiger partial charge in [-0.05, 0) is 20.3 Å². The number of hydrogen-bond donors (Lipinski definition) is 1. The average molecular weight is 371 g/mol. The Labute approximate surface area is 178 Å². The van der Waals surface area contributed by atoms with Gasteiger partial charge in [-0.3, -0.25) is 4.79 Å². The van der Waals surface area contributed by atoms with Crippen molar-refractivity contribution in [3.8, 4) is 0 Å². The molecular formula is C20H43NaO4. The Balaban J connectivity index is -0.000000704. The van der Waals surface area contributed by atoms with Crippen LogP contribution in [0.2, 0.25) is 0 Å². The van der Waals surface area contributed by atoms with Crippen molar-refractivity contribution in [2.45, 2.75) is 104 Å². The van der Waals surface area contributed by atoms with Crippen molar-refractivity contribution >= 4 is 35.5 Å². The molecule has 0 aliphatic heterocycles. The van der Waals surface area contributed by atoms with E-state index in [2.05, 4.69) is 6.92 Å². The van der Waals surface area contributed by atoms with Crippen molar-refractivity contribution in [1.82, 2.24) is 0 Å². The van der Waals surface area contributed by atoms with Gasteiger partial charge >= 0.3 is 35.5 Å². The molecule has 0 aromatic carbocycles. The van der Waals surface area contributed by atoms with Gasteiger partial charge in [-0.25, -0.2) is 0 Å². The second-order valence-electron chi connectivity index (χ2n) is 6.21. The molecule has 0 fully saturated rings. The number of unbranched alkanes of at least 4 members (excludes halogenated alkanes) is 9. The Morgan fingerprint density at radius 2 is 1.28 bits per heavy atom. The second kappa shape index (κ2) is 26.6. The summed E-state index contributed by atoms with van der Waals surface area (Å²) < 4.78 is 9.59. The monoisotopic (exact) mass is 370 g/mol. The molecule has 0 saturated carbocycles. The minimum absolute atomic E-state index is 0. The van der Waals surface area contributed by atoms with E-state index in [1.165, 1.54) is 64.7 Å². The fraction of sp³-hybridized carbons (Fsp3) is 0.950. The van der Waals surface area contributed by atoms with Gasteiger partial charge in [-0.15, -0.1) is 0 Å². The summed E-state index contributed by atoms with van der Waals surface area (Å²) in [5.74, 6) is -0.317. The van der Waals surface area contributed by atoms with Crippen LogP contribution in [0.3, 0.4) is 0 Å². The van der Waals surface area contributed by atoms with Crippen LogP contribution in [0.25, 0.3) is 0 Å². The number of rotatable bonds is 15. The third-order valence-electron chi connectivity index (χ3n) is 3.78. The van der Waals surface area contributed by atoms with Gasteiger partial charge in [0.15, 0.2) is 0 Å². The van der Waals surface area contributed by atoms with E-state index in [4.69, 9.17) is 9.47 Å². The van der Waals surface area contributed by atoms with Crippen LogP contribution in [0.15, 0.2) is 0 Å². The van der Waals surface area contributed by atoms with Crippen molar-refractivity contribution in [1.29, 1.82) is 0 Å². The van der Waals surface area contributed by atoms with Crippen LogP contribution in [-0.4, -0.2) is 66.6 Å². The molecule has 0 aromatic rings.